The zero-order chi connectivity index (χ0) is 7.68. The first-order valence-corrected chi connectivity index (χ1v) is 4.47. The van der Waals surface area contributed by atoms with Gasteiger partial charge in [-0.05, 0) is 18.6 Å². The molecule has 0 N–H and O–H groups in total. The second-order valence-corrected chi connectivity index (χ2v) is 3.22. The van der Waals surface area contributed by atoms with Crippen LogP contribution in [0.5, 0.6) is 0 Å². The Morgan fingerprint density at radius 1 is 1.45 bits per heavy atom. The van der Waals surface area contributed by atoms with Crippen molar-refractivity contribution in [2.45, 2.75) is 13.3 Å². The molecule has 0 fully saturated rings. The lowest BCUT2D eigenvalue weighted by molar-refractivity contribution is 1.05. The molecule has 0 aromatic carbocycles. The maximum Gasteiger partial charge on any atom is 0.170 e. The Bertz CT molecular complexity index is 367. The van der Waals surface area contributed by atoms with Gasteiger partial charge >= 0.3 is 0 Å². The zero-order valence-electron chi connectivity index (χ0n) is 6.24. The molecule has 0 saturated heterocycles. The van der Waals surface area contributed by atoms with E-state index in [-0.39, 0.29) is 0 Å². The Kier molecular flexibility index (Phi) is 1.58. The number of pyridine rings is 1. The highest BCUT2D eigenvalue weighted by Crippen LogP contribution is 2.15. The second-order valence-electron chi connectivity index (χ2n) is 2.33. The van der Waals surface area contributed by atoms with Crippen molar-refractivity contribution in [3.63, 3.8) is 0 Å². The molecule has 2 rings (SSSR count). The summed E-state index contributed by atoms with van der Waals surface area (Å²) in [6.07, 6.45) is 0.980. The number of hydrogen-bond donors (Lipinski definition) is 0. The van der Waals surface area contributed by atoms with Gasteiger partial charge in [-0.15, -0.1) is 11.3 Å². The molecule has 2 nitrogen and oxygen atoms in total. The van der Waals surface area contributed by atoms with E-state index in [0.29, 0.717) is 0 Å². The van der Waals surface area contributed by atoms with Gasteiger partial charge in [0.25, 0.3) is 0 Å². The van der Waals surface area contributed by atoms with Crippen LogP contribution in [0.1, 0.15) is 12.6 Å². The minimum Gasteiger partial charge on any atom is -0.232 e. The van der Waals surface area contributed by atoms with Crippen LogP contribution in [-0.2, 0) is 6.42 Å². The van der Waals surface area contributed by atoms with Crippen LogP contribution >= 0.6 is 11.3 Å². The van der Waals surface area contributed by atoms with E-state index in [2.05, 4.69) is 29.0 Å². The van der Waals surface area contributed by atoms with Crippen LogP contribution in [0.15, 0.2) is 17.6 Å². The van der Waals surface area contributed by atoms with E-state index in [0.717, 1.165) is 17.8 Å². The van der Waals surface area contributed by atoms with Gasteiger partial charge < -0.3 is 0 Å². The molecule has 0 bridgehead atoms. The summed E-state index contributed by atoms with van der Waals surface area (Å²) in [7, 11) is 0. The summed E-state index contributed by atoms with van der Waals surface area (Å²) in [5.74, 6) is 0. The van der Waals surface area contributed by atoms with E-state index in [1.807, 2.05) is 5.51 Å². The molecule has 0 aliphatic rings. The molecule has 11 heavy (non-hydrogen) atoms. The summed E-state index contributed by atoms with van der Waals surface area (Å²) in [5, 5.41) is 0. The Labute approximate surface area is 68.9 Å². The van der Waals surface area contributed by atoms with Gasteiger partial charge in [0.05, 0.1) is 10.2 Å². The highest BCUT2D eigenvalue weighted by atomic mass is 32.1. The standard InChI is InChI=1S/C8H8N2S/c1-2-6-3-4-7-8(10-6)9-5-11-7/h3-5H,2H2,1H3. The molecule has 0 radical (unpaired) electrons. The van der Waals surface area contributed by atoms with Crippen molar-refractivity contribution in [1.82, 2.24) is 9.97 Å². The molecule has 0 aliphatic heterocycles. The zero-order valence-corrected chi connectivity index (χ0v) is 7.06. The molecule has 56 valence electrons. The van der Waals surface area contributed by atoms with E-state index in [1.165, 1.54) is 4.70 Å². The fourth-order valence-electron chi connectivity index (χ4n) is 0.989. The first kappa shape index (κ1) is 6.73. The largest absolute Gasteiger partial charge is 0.232 e. The van der Waals surface area contributed by atoms with Gasteiger partial charge in [-0.25, -0.2) is 9.97 Å². The van der Waals surface area contributed by atoms with Crippen LogP contribution in [0.25, 0.3) is 10.3 Å². The van der Waals surface area contributed by atoms with Crippen molar-refractivity contribution in [2.24, 2.45) is 0 Å². The first-order valence-electron chi connectivity index (χ1n) is 3.59. The van der Waals surface area contributed by atoms with Crippen molar-refractivity contribution in [3.8, 4) is 0 Å². The van der Waals surface area contributed by atoms with Crippen LogP contribution in [0, 0.1) is 0 Å². The summed E-state index contributed by atoms with van der Waals surface area (Å²) in [5.41, 5.74) is 3.83. The molecule has 0 saturated carbocycles. The van der Waals surface area contributed by atoms with Gasteiger partial charge in [0.2, 0.25) is 0 Å². The fourth-order valence-corrected chi connectivity index (χ4v) is 1.61. The predicted molar refractivity (Wildman–Crippen MR) is 46.8 cm³/mol. The van der Waals surface area contributed by atoms with Crippen LogP contribution in [0.3, 0.4) is 0 Å². The molecule has 3 heteroatoms. The van der Waals surface area contributed by atoms with Crippen LogP contribution in [-0.4, -0.2) is 9.97 Å². The average Bonchev–Trinajstić information content (AvgIpc) is 2.50. The Morgan fingerprint density at radius 2 is 2.36 bits per heavy atom. The third-order valence-corrected chi connectivity index (χ3v) is 2.40. The topological polar surface area (TPSA) is 25.8 Å². The molecule has 0 atom stereocenters. The van der Waals surface area contributed by atoms with Gasteiger partial charge in [-0.1, -0.05) is 6.92 Å². The number of fused-ring (bicyclic) bond motifs is 1. The van der Waals surface area contributed by atoms with Gasteiger partial charge in [0, 0.05) is 5.69 Å². The molecule has 2 aromatic rings. The third-order valence-electron chi connectivity index (χ3n) is 1.61. The van der Waals surface area contributed by atoms with E-state index in [1.54, 1.807) is 11.3 Å². The van der Waals surface area contributed by atoms with E-state index < -0.39 is 0 Å². The van der Waals surface area contributed by atoms with Crippen LogP contribution < -0.4 is 0 Å². The summed E-state index contributed by atoms with van der Waals surface area (Å²) in [6.45, 7) is 2.10. The van der Waals surface area contributed by atoms with Gasteiger partial charge in [0.15, 0.2) is 5.65 Å². The Hall–Kier alpha value is -0.960. The lowest BCUT2D eigenvalue weighted by atomic mass is 10.3. The maximum atomic E-state index is 4.35. The molecule has 0 amide bonds. The number of thiazole rings is 1. The quantitative estimate of drug-likeness (QED) is 0.646. The summed E-state index contributed by atoms with van der Waals surface area (Å²) in [6, 6.07) is 4.14. The highest BCUT2D eigenvalue weighted by Gasteiger charge is 1.97. The molecular weight excluding hydrogens is 156 g/mol. The third kappa shape index (κ3) is 1.12. The van der Waals surface area contributed by atoms with Crippen molar-refractivity contribution >= 4 is 21.7 Å². The molecule has 2 aromatic heterocycles. The van der Waals surface area contributed by atoms with E-state index >= 15 is 0 Å². The van der Waals surface area contributed by atoms with Crippen molar-refractivity contribution < 1.29 is 0 Å². The normalized spacial score (nSPS) is 10.6. The first-order chi connectivity index (χ1) is 5.40. The van der Waals surface area contributed by atoms with Crippen LogP contribution in [0.4, 0.5) is 0 Å². The summed E-state index contributed by atoms with van der Waals surface area (Å²) < 4.78 is 1.17. The lowest BCUT2D eigenvalue weighted by Crippen LogP contribution is -1.85. The average molecular weight is 164 g/mol. The van der Waals surface area contributed by atoms with Crippen molar-refractivity contribution in [1.29, 1.82) is 0 Å². The Morgan fingerprint density at radius 3 is 3.18 bits per heavy atom. The Balaban J connectivity index is 2.67. The van der Waals surface area contributed by atoms with Crippen molar-refractivity contribution in [2.75, 3.05) is 0 Å². The van der Waals surface area contributed by atoms with Gasteiger partial charge in [0.1, 0.15) is 0 Å². The smallest absolute Gasteiger partial charge is 0.170 e. The number of nitrogens with zero attached hydrogens (tertiary/aromatic N) is 2. The SMILES string of the molecule is CCc1ccc2scnc2n1. The second kappa shape index (κ2) is 2.58. The fraction of sp³-hybridized carbons (Fsp3) is 0.250. The van der Waals surface area contributed by atoms with Gasteiger partial charge in [-0.3, -0.25) is 0 Å². The highest BCUT2D eigenvalue weighted by molar-refractivity contribution is 7.16. The van der Waals surface area contributed by atoms with E-state index in [9.17, 15) is 0 Å². The number of aryl methyl sites for hydroxylation is 1. The maximum absolute atomic E-state index is 4.35. The van der Waals surface area contributed by atoms with E-state index in [4.69, 9.17) is 0 Å². The molecular formula is C8H8N2S. The minimum atomic E-state index is 0.884. The predicted octanol–water partition coefficient (Wildman–Crippen LogP) is 2.25. The summed E-state index contributed by atoms with van der Waals surface area (Å²) in [4.78, 5) is 8.49. The monoisotopic (exact) mass is 164 g/mol. The van der Waals surface area contributed by atoms with Crippen molar-refractivity contribution in [3.05, 3.63) is 23.3 Å². The molecule has 0 aliphatic carbocycles. The molecule has 0 unspecified atom stereocenters. The van der Waals surface area contributed by atoms with Gasteiger partial charge in [-0.2, -0.15) is 0 Å². The number of rotatable bonds is 1. The number of hydrogen-bond acceptors (Lipinski definition) is 3. The molecule has 0 spiro atoms. The molecule has 2 heterocycles. The lowest BCUT2D eigenvalue weighted by Gasteiger charge is -1.92. The number of aromatic nitrogens is 2. The minimum absolute atomic E-state index is 0.884. The van der Waals surface area contributed by atoms with Crippen LogP contribution in [0.2, 0.25) is 0 Å². The summed E-state index contributed by atoms with van der Waals surface area (Å²) >= 11 is 1.63.